The summed E-state index contributed by atoms with van der Waals surface area (Å²) < 4.78 is 38.9. The fourth-order valence-corrected chi connectivity index (χ4v) is 4.76. The highest BCUT2D eigenvalue weighted by molar-refractivity contribution is 7.92. The molecule has 7 nitrogen and oxygen atoms in total. The van der Waals surface area contributed by atoms with E-state index in [1.54, 1.807) is 59.5 Å². The van der Waals surface area contributed by atoms with Crippen LogP contribution in [-0.4, -0.2) is 58.2 Å². The van der Waals surface area contributed by atoms with Gasteiger partial charge in [0.2, 0.25) is 0 Å². The number of para-hydroxylation sites is 2. The molecular weight excluding hydrogens is 368 g/mol. The number of amides is 1. The second-order valence-corrected chi connectivity index (χ2v) is 8.22. The molecule has 0 radical (unpaired) electrons. The number of hydrogen-bond donors (Lipinski definition) is 0. The Morgan fingerprint density at radius 3 is 2.37 bits per heavy atom. The molecule has 0 N–H and O–H groups in total. The van der Waals surface area contributed by atoms with E-state index in [0.29, 0.717) is 37.7 Å². The number of carbonyl (C=O) groups is 1. The molecule has 1 unspecified atom stereocenters. The van der Waals surface area contributed by atoms with Gasteiger partial charge in [-0.1, -0.05) is 30.3 Å². The van der Waals surface area contributed by atoms with E-state index < -0.39 is 16.1 Å². The van der Waals surface area contributed by atoms with Crippen molar-refractivity contribution in [3.8, 4) is 5.75 Å². The van der Waals surface area contributed by atoms with Crippen molar-refractivity contribution in [3.05, 3.63) is 54.6 Å². The lowest BCUT2D eigenvalue weighted by molar-refractivity contribution is -0.142. The molecule has 142 valence electrons. The molecule has 2 aliphatic heterocycles. The van der Waals surface area contributed by atoms with E-state index in [2.05, 4.69) is 0 Å². The Kier molecular flexibility index (Phi) is 4.75. The Bertz CT molecular complexity index is 926. The van der Waals surface area contributed by atoms with Gasteiger partial charge in [-0.25, -0.2) is 8.42 Å². The minimum Gasteiger partial charge on any atom is -0.476 e. The topological polar surface area (TPSA) is 76.2 Å². The third kappa shape index (κ3) is 3.38. The van der Waals surface area contributed by atoms with Gasteiger partial charge in [0.15, 0.2) is 6.10 Å². The predicted molar refractivity (Wildman–Crippen MR) is 99.2 cm³/mol. The molecule has 1 amide bonds. The summed E-state index contributed by atoms with van der Waals surface area (Å²) in [6.45, 7) is 1.84. The zero-order valence-electron chi connectivity index (χ0n) is 14.7. The number of ether oxygens (including phenoxy) is 2. The highest BCUT2D eigenvalue weighted by Gasteiger charge is 2.39. The molecule has 2 aliphatic rings. The van der Waals surface area contributed by atoms with Gasteiger partial charge < -0.3 is 14.4 Å². The third-order valence-corrected chi connectivity index (χ3v) is 6.46. The Labute approximate surface area is 158 Å². The smallest absolute Gasteiger partial charge is 0.265 e. The molecule has 0 aromatic heterocycles. The first-order valence-electron chi connectivity index (χ1n) is 8.77. The van der Waals surface area contributed by atoms with E-state index in [1.807, 2.05) is 0 Å². The van der Waals surface area contributed by atoms with Crippen LogP contribution < -0.4 is 9.04 Å². The summed E-state index contributed by atoms with van der Waals surface area (Å²) in [5.74, 6) is 0.163. The summed E-state index contributed by atoms with van der Waals surface area (Å²) in [6, 6.07) is 15.1. The van der Waals surface area contributed by atoms with Crippen LogP contribution in [0.25, 0.3) is 0 Å². The van der Waals surface area contributed by atoms with Gasteiger partial charge >= 0.3 is 0 Å². The summed E-state index contributed by atoms with van der Waals surface area (Å²) in [5, 5.41) is 0. The highest BCUT2D eigenvalue weighted by Crippen LogP contribution is 2.37. The first-order valence-corrected chi connectivity index (χ1v) is 10.2. The van der Waals surface area contributed by atoms with Gasteiger partial charge in [0, 0.05) is 13.1 Å². The van der Waals surface area contributed by atoms with Gasteiger partial charge in [-0.2, -0.15) is 0 Å². The summed E-state index contributed by atoms with van der Waals surface area (Å²) in [7, 11) is -3.81. The lowest BCUT2D eigenvalue weighted by Gasteiger charge is -2.37. The first kappa shape index (κ1) is 17.8. The first-order chi connectivity index (χ1) is 13.1. The van der Waals surface area contributed by atoms with Crippen LogP contribution in [0.4, 0.5) is 5.69 Å². The summed E-state index contributed by atoms with van der Waals surface area (Å²) >= 11 is 0. The van der Waals surface area contributed by atoms with Crippen molar-refractivity contribution in [1.29, 1.82) is 0 Å². The lowest BCUT2D eigenvalue weighted by Crippen LogP contribution is -2.54. The average molecular weight is 388 g/mol. The van der Waals surface area contributed by atoms with Gasteiger partial charge in [-0.3, -0.25) is 9.10 Å². The summed E-state index contributed by atoms with van der Waals surface area (Å²) in [4.78, 5) is 14.7. The van der Waals surface area contributed by atoms with Gasteiger partial charge in [0.25, 0.3) is 15.9 Å². The average Bonchev–Trinajstić information content (AvgIpc) is 2.73. The van der Waals surface area contributed by atoms with Crippen LogP contribution >= 0.6 is 0 Å². The highest BCUT2D eigenvalue weighted by atomic mass is 32.2. The van der Waals surface area contributed by atoms with Crippen molar-refractivity contribution < 1.29 is 22.7 Å². The number of rotatable bonds is 3. The molecule has 27 heavy (non-hydrogen) atoms. The Hall–Kier alpha value is -2.58. The second-order valence-electron chi connectivity index (χ2n) is 6.36. The zero-order chi connectivity index (χ0) is 18.9. The van der Waals surface area contributed by atoms with Crippen molar-refractivity contribution in [2.45, 2.75) is 11.0 Å². The van der Waals surface area contributed by atoms with E-state index in [1.165, 1.54) is 4.31 Å². The van der Waals surface area contributed by atoms with E-state index >= 15 is 0 Å². The predicted octanol–water partition coefficient (Wildman–Crippen LogP) is 1.50. The van der Waals surface area contributed by atoms with Gasteiger partial charge in [0.1, 0.15) is 5.75 Å². The molecular formula is C19H20N2O5S. The molecule has 8 heteroatoms. The van der Waals surface area contributed by atoms with Gasteiger partial charge in [-0.15, -0.1) is 0 Å². The fraction of sp³-hybridized carbons (Fsp3) is 0.316. The molecule has 1 fully saturated rings. The molecule has 2 aromatic rings. The third-order valence-electron chi connectivity index (χ3n) is 4.66. The number of benzene rings is 2. The SMILES string of the molecule is O=C(C1CN(S(=O)(=O)c2ccccc2)c2ccccc2O1)N1CCOCC1. The molecule has 0 saturated carbocycles. The number of nitrogens with zero attached hydrogens (tertiary/aromatic N) is 2. The Balaban J connectivity index is 1.69. The fourth-order valence-electron chi connectivity index (χ4n) is 3.27. The van der Waals surface area contributed by atoms with Crippen molar-refractivity contribution in [2.24, 2.45) is 0 Å². The minimum absolute atomic E-state index is 0.0650. The second kappa shape index (κ2) is 7.21. The number of sulfonamides is 1. The molecule has 1 atom stereocenters. The van der Waals surface area contributed by atoms with Crippen molar-refractivity contribution >= 4 is 21.6 Å². The number of morpholine rings is 1. The normalized spacial score (nSPS) is 19.9. The van der Waals surface area contributed by atoms with E-state index in [4.69, 9.17) is 9.47 Å². The van der Waals surface area contributed by atoms with Crippen molar-refractivity contribution in [1.82, 2.24) is 4.90 Å². The molecule has 0 aliphatic carbocycles. The quantitative estimate of drug-likeness (QED) is 0.797. The Morgan fingerprint density at radius 2 is 1.63 bits per heavy atom. The van der Waals surface area contributed by atoms with Gasteiger partial charge in [-0.05, 0) is 24.3 Å². The van der Waals surface area contributed by atoms with Gasteiger partial charge in [0.05, 0.1) is 30.3 Å². The monoisotopic (exact) mass is 388 g/mol. The lowest BCUT2D eigenvalue weighted by atomic mass is 10.2. The summed E-state index contributed by atoms with van der Waals surface area (Å²) in [5.41, 5.74) is 0.437. The largest absolute Gasteiger partial charge is 0.476 e. The zero-order valence-corrected chi connectivity index (χ0v) is 15.5. The van der Waals surface area contributed by atoms with Crippen LogP contribution in [0.2, 0.25) is 0 Å². The molecule has 2 aromatic carbocycles. The van der Waals surface area contributed by atoms with Crippen molar-refractivity contribution in [3.63, 3.8) is 0 Å². The van der Waals surface area contributed by atoms with Crippen LogP contribution in [-0.2, 0) is 19.6 Å². The van der Waals surface area contributed by atoms with Crippen LogP contribution in [0, 0.1) is 0 Å². The maximum atomic E-state index is 13.2. The van der Waals surface area contributed by atoms with Crippen LogP contribution in [0.3, 0.4) is 0 Å². The standard InChI is InChI=1S/C19H20N2O5S/c22-19(20-10-12-25-13-11-20)18-14-21(16-8-4-5-9-17(16)26-18)27(23,24)15-6-2-1-3-7-15/h1-9,18H,10-14H2. The van der Waals surface area contributed by atoms with Crippen molar-refractivity contribution in [2.75, 3.05) is 37.2 Å². The summed E-state index contributed by atoms with van der Waals surface area (Å²) in [6.07, 6.45) is -0.892. The Morgan fingerprint density at radius 1 is 0.963 bits per heavy atom. The minimum atomic E-state index is -3.81. The van der Waals surface area contributed by atoms with Crippen LogP contribution in [0.1, 0.15) is 0 Å². The van der Waals surface area contributed by atoms with E-state index in [-0.39, 0.29) is 17.3 Å². The van der Waals surface area contributed by atoms with E-state index in [0.717, 1.165) is 0 Å². The van der Waals surface area contributed by atoms with Crippen LogP contribution in [0.5, 0.6) is 5.75 Å². The number of fused-ring (bicyclic) bond motifs is 1. The molecule has 0 spiro atoms. The molecule has 0 bridgehead atoms. The molecule has 1 saturated heterocycles. The maximum absolute atomic E-state index is 13.2. The molecule has 2 heterocycles. The number of hydrogen-bond acceptors (Lipinski definition) is 5. The van der Waals surface area contributed by atoms with E-state index in [9.17, 15) is 13.2 Å². The number of anilines is 1. The maximum Gasteiger partial charge on any atom is 0.265 e. The number of carbonyl (C=O) groups excluding carboxylic acids is 1. The molecule has 4 rings (SSSR count). The van der Waals surface area contributed by atoms with Crippen LogP contribution in [0.15, 0.2) is 59.5 Å².